The first kappa shape index (κ1) is 12.0. The van der Waals surface area contributed by atoms with Gasteiger partial charge in [-0.3, -0.25) is 4.79 Å². The largest absolute Gasteiger partial charge is 0.459 e. The van der Waals surface area contributed by atoms with Crippen LogP contribution in [0.15, 0.2) is 51.6 Å². The van der Waals surface area contributed by atoms with E-state index in [1.54, 1.807) is 0 Å². The van der Waals surface area contributed by atoms with Crippen LogP contribution in [0.1, 0.15) is 29.1 Å². The summed E-state index contributed by atoms with van der Waals surface area (Å²) >= 11 is 1.51. The summed E-state index contributed by atoms with van der Waals surface area (Å²) in [7, 11) is 0. The van der Waals surface area contributed by atoms with E-state index in [2.05, 4.69) is 5.32 Å². The Bertz CT molecular complexity index is 667. The van der Waals surface area contributed by atoms with Crippen molar-refractivity contribution in [3.8, 4) is 0 Å². The summed E-state index contributed by atoms with van der Waals surface area (Å²) in [4.78, 5) is 12.0. The van der Waals surface area contributed by atoms with E-state index in [0.717, 1.165) is 16.7 Å². The maximum Gasteiger partial charge on any atom is 0.252 e. The summed E-state index contributed by atoms with van der Waals surface area (Å²) in [5.74, 6) is 0.694. The standard InChI is InChI=1S/C15H13NO2S/c1-10(16-15(17)12-6-7-19-9-12)14-8-11-4-2-3-5-13(11)18-14/h2-10H,1H3,(H,16,17)/t10-/m1/s1. The van der Waals surface area contributed by atoms with Gasteiger partial charge in [0.05, 0.1) is 11.6 Å². The Morgan fingerprint density at radius 2 is 2.16 bits per heavy atom. The third-order valence-corrected chi connectivity index (χ3v) is 3.69. The SMILES string of the molecule is C[C@@H](NC(=O)c1ccsc1)c1cc2ccccc2o1. The number of benzene rings is 1. The molecule has 0 saturated heterocycles. The first-order valence-electron chi connectivity index (χ1n) is 6.05. The summed E-state index contributed by atoms with van der Waals surface area (Å²) in [5.41, 5.74) is 1.53. The van der Waals surface area contributed by atoms with Gasteiger partial charge in [-0.05, 0) is 30.5 Å². The van der Waals surface area contributed by atoms with Gasteiger partial charge < -0.3 is 9.73 Å². The van der Waals surface area contributed by atoms with E-state index in [1.807, 2.05) is 54.1 Å². The molecule has 2 aromatic heterocycles. The quantitative estimate of drug-likeness (QED) is 0.782. The van der Waals surface area contributed by atoms with Gasteiger partial charge in [0.2, 0.25) is 0 Å². The van der Waals surface area contributed by atoms with Gasteiger partial charge in [0.1, 0.15) is 11.3 Å². The van der Waals surface area contributed by atoms with Crippen molar-refractivity contribution in [2.45, 2.75) is 13.0 Å². The van der Waals surface area contributed by atoms with E-state index in [4.69, 9.17) is 4.42 Å². The lowest BCUT2D eigenvalue weighted by Crippen LogP contribution is -2.25. The van der Waals surface area contributed by atoms with Crippen molar-refractivity contribution >= 4 is 28.2 Å². The molecule has 0 aliphatic heterocycles. The minimum atomic E-state index is -0.153. The number of thiophene rings is 1. The number of hydrogen-bond acceptors (Lipinski definition) is 3. The second-order valence-electron chi connectivity index (χ2n) is 4.39. The van der Waals surface area contributed by atoms with Crippen molar-refractivity contribution in [2.75, 3.05) is 0 Å². The van der Waals surface area contributed by atoms with Crippen LogP contribution in [0.3, 0.4) is 0 Å². The van der Waals surface area contributed by atoms with E-state index in [-0.39, 0.29) is 11.9 Å². The summed E-state index contributed by atoms with van der Waals surface area (Å²) in [6.07, 6.45) is 0. The first-order chi connectivity index (χ1) is 9.24. The van der Waals surface area contributed by atoms with Gasteiger partial charge in [-0.2, -0.15) is 11.3 Å². The predicted molar refractivity (Wildman–Crippen MR) is 76.4 cm³/mol. The monoisotopic (exact) mass is 271 g/mol. The summed E-state index contributed by atoms with van der Waals surface area (Å²) in [6.45, 7) is 1.92. The average Bonchev–Trinajstić information content (AvgIpc) is 3.07. The van der Waals surface area contributed by atoms with E-state index >= 15 is 0 Å². The number of furan rings is 1. The van der Waals surface area contributed by atoms with E-state index in [0.29, 0.717) is 5.56 Å². The molecule has 2 heterocycles. The van der Waals surface area contributed by atoms with Crippen molar-refractivity contribution in [3.63, 3.8) is 0 Å². The molecular weight excluding hydrogens is 258 g/mol. The van der Waals surface area contributed by atoms with Gasteiger partial charge in [0, 0.05) is 10.8 Å². The van der Waals surface area contributed by atoms with Gasteiger partial charge in [-0.15, -0.1) is 0 Å². The van der Waals surface area contributed by atoms with Crippen LogP contribution >= 0.6 is 11.3 Å². The molecule has 0 aliphatic rings. The number of hydrogen-bond donors (Lipinski definition) is 1. The summed E-state index contributed by atoms with van der Waals surface area (Å²) in [6, 6.07) is 11.4. The van der Waals surface area contributed by atoms with Crippen LogP contribution in [0.25, 0.3) is 11.0 Å². The maximum atomic E-state index is 12.0. The molecular formula is C15H13NO2S. The number of rotatable bonds is 3. The fraction of sp³-hybridized carbons (Fsp3) is 0.133. The Kier molecular flexibility index (Phi) is 3.09. The molecule has 0 spiro atoms. The zero-order valence-electron chi connectivity index (χ0n) is 10.4. The molecule has 0 fully saturated rings. The normalized spacial score (nSPS) is 12.5. The number of carbonyl (C=O) groups is 1. The number of nitrogens with one attached hydrogen (secondary N) is 1. The molecule has 0 saturated carbocycles. The number of para-hydroxylation sites is 1. The predicted octanol–water partition coefficient (Wildman–Crippen LogP) is 3.99. The molecule has 1 atom stereocenters. The van der Waals surface area contributed by atoms with Crippen molar-refractivity contribution < 1.29 is 9.21 Å². The summed E-state index contributed by atoms with van der Waals surface area (Å²) in [5, 5.41) is 7.71. The van der Waals surface area contributed by atoms with E-state index in [1.165, 1.54) is 11.3 Å². The highest BCUT2D eigenvalue weighted by molar-refractivity contribution is 7.08. The van der Waals surface area contributed by atoms with E-state index < -0.39 is 0 Å². The fourth-order valence-corrected chi connectivity index (χ4v) is 2.60. The van der Waals surface area contributed by atoms with Crippen LogP contribution in [0, 0.1) is 0 Å². The highest BCUT2D eigenvalue weighted by atomic mass is 32.1. The molecule has 19 heavy (non-hydrogen) atoms. The Morgan fingerprint density at radius 3 is 2.89 bits per heavy atom. The molecule has 3 nitrogen and oxygen atoms in total. The molecule has 1 N–H and O–H groups in total. The molecule has 1 amide bonds. The van der Waals surface area contributed by atoms with Crippen LogP contribution in [0.2, 0.25) is 0 Å². The lowest BCUT2D eigenvalue weighted by Gasteiger charge is -2.10. The van der Waals surface area contributed by atoms with Crippen molar-refractivity contribution in [3.05, 3.63) is 58.5 Å². The van der Waals surface area contributed by atoms with Gasteiger partial charge in [0.25, 0.3) is 5.91 Å². The van der Waals surface area contributed by atoms with Gasteiger partial charge >= 0.3 is 0 Å². The molecule has 0 bridgehead atoms. The van der Waals surface area contributed by atoms with Crippen LogP contribution in [0.4, 0.5) is 0 Å². The minimum absolute atomic E-state index is 0.0748. The second-order valence-corrected chi connectivity index (χ2v) is 5.17. The maximum absolute atomic E-state index is 12.0. The minimum Gasteiger partial charge on any atom is -0.459 e. The molecule has 4 heteroatoms. The molecule has 3 aromatic rings. The molecule has 3 rings (SSSR count). The van der Waals surface area contributed by atoms with Gasteiger partial charge in [-0.1, -0.05) is 18.2 Å². The molecule has 0 unspecified atom stereocenters. The molecule has 1 aromatic carbocycles. The molecule has 0 radical (unpaired) electrons. The number of amides is 1. The third-order valence-electron chi connectivity index (χ3n) is 3.00. The van der Waals surface area contributed by atoms with Crippen molar-refractivity contribution in [2.24, 2.45) is 0 Å². The average molecular weight is 271 g/mol. The zero-order chi connectivity index (χ0) is 13.2. The van der Waals surface area contributed by atoms with Crippen LogP contribution < -0.4 is 5.32 Å². The van der Waals surface area contributed by atoms with Crippen molar-refractivity contribution in [1.29, 1.82) is 0 Å². The second kappa shape index (κ2) is 4.90. The molecule has 0 aliphatic carbocycles. The van der Waals surface area contributed by atoms with E-state index in [9.17, 15) is 4.79 Å². The fourth-order valence-electron chi connectivity index (χ4n) is 1.96. The lowest BCUT2D eigenvalue weighted by atomic mass is 10.2. The zero-order valence-corrected chi connectivity index (χ0v) is 11.2. The highest BCUT2D eigenvalue weighted by Gasteiger charge is 2.15. The number of carbonyl (C=O) groups excluding carboxylic acids is 1. The Balaban J connectivity index is 1.80. The molecule has 96 valence electrons. The Morgan fingerprint density at radius 1 is 1.32 bits per heavy atom. The highest BCUT2D eigenvalue weighted by Crippen LogP contribution is 2.23. The van der Waals surface area contributed by atoms with Crippen LogP contribution in [0.5, 0.6) is 0 Å². The third kappa shape index (κ3) is 2.39. The van der Waals surface area contributed by atoms with Crippen LogP contribution in [-0.4, -0.2) is 5.91 Å². The topological polar surface area (TPSA) is 42.2 Å². The van der Waals surface area contributed by atoms with Crippen LogP contribution in [-0.2, 0) is 0 Å². The van der Waals surface area contributed by atoms with Gasteiger partial charge in [0.15, 0.2) is 0 Å². The smallest absolute Gasteiger partial charge is 0.252 e. The Hall–Kier alpha value is -2.07. The lowest BCUT2D eigenvalue weighted by molar-refractivity contribution is 0.0936. The summed E-state index contributed by atoms with van der Waals surface area (Å²) < 4.78 is 5.74. The number of fused-ring (bicyclic) bond motifs is 1. The van der Waals surface area contributed by atoms with Gasteiger partial charge in [-0.25, -0.2) is 0 Å². The first-order valence-corrected chi connectivity index (χ1v) is 7.00. The Labute approximate surface area is 114 Å². The van der Waals surface area contributed by atoms with Crippen molar-refractivity contribution in [1.82, 2.24) is 5.32 Å².